The third-order valence-corrected chi connectivity index (χ3v) is 3.13. The monoisotopic (exact) mass is 266 g/mol. The standard InChI is InChI=1S/C15H26N2O2/c1-4-17(15-8-6-5-7-13(15)2)12-14(18)11-16-9-10-19-3/h5-8,14,16,18H,4,9-12H2,1-3H3. The Morgan fingerprint density at radius 2 is 2.11 bits per heavy atom. The van der Waals surface area contributed by atoms with E-state index >= 15 is 0 Å². The molecule has 0 aliphatic rings. The van der Waals surface area contributed by atoms with Crippen LogP contribution in [-0.4, -0.2) is 51.1 Å². The highest BCUT2D eigenvalue weighted by atomic mass is 16.5. The Kier molecular flexibility index (Phi) is 7.48. The van der Waals surface area contributed by atoms with E-state index in [1.807, 2.05) is 12.1 Å². The molecule has 19 heavy (non-hydrogen) atoms. The minimum absolute atomic E-state index is 0.378. The molecule has 0 fully saturated rings. The molecule has 0 saturated heterocycles. The van der Waals surface area contributed by atoms with Crippen LogP contribution in [0.4, 0.5) is 5.69 Å². The van der Waals surface area contributed by atoms with E-state index in [9.17, 15) is 5.11 Å². The lowest BCUT2D eigenvalue weighted by atomic mass is 10.1. The molecule has 0 aliphatic carbocycles. The average Bonchev–Trinajstić information content (AvgIpc) is 2.42. The molecule has 2 N–H and O–H groups in total. The van der Waals surface area contributed by atoms with Gasteiger partial charge in [0.25, 0.3) is 0 Å². The number of nitrogens with one attached hydrogen (secondary N) is 1. The van der Waals surface area contributed by atoms with Crippen LogP contribution in [0.2, 0.25) is 0 Å². The van der Waals surface area contributed by atoms with E-state index < -0.39 is 0 Å². The van der Waals surface area contributed by atoms with Crippen molar-refractivity contribution in [3.63, 3.8) is 0 Å². The molecule has 0 aliphatic heterocycles. The smallest absolute Gasteiger partial charge is 0.0839 e. The number of rotatable bonds is 9. The summed E-state index contributed by atoms with van der Waals surface area (Å²) in [6.45, 7) is 7.76. The quantitative estimate of drug-likeness (QED) is 0.664. The third-order valence-electron chi connectivity index (χ3n) is 3.13. The molecular weight excluding hydrogens is 240 g/mol. The number of methoxy groups -OCH3 is 1. The molecule has 1 rings (SSSR count). The van der Waals surface area contributed by atoms with Gasteiger partial charge in [-0.25, -0.2) is 0 Å². The van der Waals surface area contributed by atoms with Crippen LogP contribution in [-0.2, 0) is 4.74 Å². The van der Waals surface area contributed by atoms with E-state index in [1.165, 1.54) is 11.3 Å². The normalized spacial score (nSPS) is 12.4. The molecular formula is C15H26N2O2. The lowest BCUT2D eigenvalue weighted by Gasteiger charge is -2.27. The fraction of sp³-hybridized carbons (Fsp3) is 0.600. The zero-order chi connectivity index (χ0) is 14.1. The second-order valence-corrected chi connectivity index (χ2v) is 4.68. The van der Waals surface area contributed by atoms with Crippen LogP contribution < -0.4 is 10.2 Å². The number of aryl methyl sites for hydroxylation is 1. The van der Waals surface area contributed by atoms with Gasteiger partial charge in [0.2, 0.25) is 0 Å². The maximum absolute atomic E-state index is 10.1. The Morgan fingerprint density at radius 1 is 1.37 bits per heavy atom. The van der Waals surface area contributed by atoms with E-state index in [0.717, 1.165) is 13.1 Å². The number of benzene rings is 1. The summed E-state index contributed by atoms with van der Waals surface area (Å²) in [6, 6.07) is 8.27. The van der Waals surface area contributed by atoms with Gasteiger partial charge in [0.05, 0.1) is 12.7 Å². The highest BCUT2D eigenvalue weighted by Crippen LogP contribution is 2.19. The van der Waals surface area contributed by atoms with Crippen LogP contribution in [0.25, 0.3) is 0 Å². The summed E-state index contributed by atoms with van der Waals surface area (Å²) in [6.07, 6.45) is -0.378. The molecule has 4 heteroatoms. The van der Waals surface area contributed by atoms with Gasteiger partial charge in [-0.1, -0.05) is 18.2 Å². The number of aliphatic hydroxyl groups is 1. The molecule has 1 aromatic rings. The van der Waals surface area contributed by atoms with Gasteiger partial charge in [-0.15, -0.1) is 0 Å². The minimum Gasteiger partial charge on any atom is -0.390 e. The van der Waals surface area contributed by atoms with Crippen molar-refractivity contribution in [1.29, 1.82) is 0 Å². The molecule has 1 aromatic carbocycles. The summed E-state index contributed by atoms with van der Waals surface area (Å²) < 4.78 is 4.96. The molecule has 4 nitrogen and oxygen atoms in total. The van der Waals surface area contributed by atoms with Crippen LogP contribution in [0, 0.1) is 6.92 Å². The fourth-order valence-corrected chi connectivity index (χ4v) is 2.08. The van der Waals surface area contributed by atoms with Crippen molar-refractivity contribution in [2.45, 2.75) is 20.0 Å². The SMILES string of the molecule is CCN(CC(O)CNCCOC)c1ccccc1C. The first-order chi connectivity index (χ1) is 9.19. The Bertz CT molecular complexity index is 358. The molecule has 1 atom stereocenters. The first-order valence-electron chi connectivity index (χ1n) is 6.87. The lowest BCUT2D eigenvalue weighted by molar-refractivity contribution is 0.163. The molecule has 0 amide bonds. The predicted octanol–water partition coefficient (Wildman–Crippen LogP) is 1.42. The average molecular weight is 266 g/mol. The van der Waals surface area contributed by atoms with Crippen molar-refractivity contribution < 1.29 is 9.84 Å². The third kappa shape index (κ3) is 5.59. The van der Waals surface area contributed by atoms with Crippen molar-refractivity contribution in [3.8, 4) is 0 Å². The van der Waals surface area contributed by atoms with E-state index in [1.54, 1.807) is 7.11 Å². The van der Waals surface area contributed by atoms with Gasteiger partial charge in [-0.3, -0.25) is 0 Å². The van der Waals surface area contributed by atoms with Crippen LogP contribution >= 0.6 is 0 Å². The summed E-state index contributed by atoms with van der Waals surface area (Å²) >= 11 is 0. The van der Waals surface area contributed by atoms with Crippen LogP contribution in [0.3, 0.4) is 0 Å². The van der Waals surface area contributed by atoms with Gasteiger partial charge < -0.3 is 20.1 Å². The molecule has 0 radical (unpaired) electrons. The van der Waals surface area contributed by atoms with Gasteiger partial charge in [-0.2, -0.15) is 0 Å². The van der Waals surface area contributed by atoms with Crippen LogP contribution in [0.1, 0.15) is 12.5 Å². The second-order valence-electron chi connectivity index (χ2n) is 4.68. The number of anilines is 1. The van der Waals surface area contributed by atoms with Gasteiger partial charge in [-0.05, 0) is 25.5 Å². The number of hydrogen-bond donors (Lipinski definition) is 2. The number of hydrogen-bond acceptors (Lipinski definition) is 4. The van der Waals surface area contributed by atoms with Crippen molar-refractivity contribution in [3.05, 3.63) is 29.8 Å². The maximum Gasteiger partial charge on any atom is 0.0839 e. The second kappa shape index (κ2) is 8.91. The van der Waals surface area contributed by atoms with E-state index in [-0.39, 0.29) is 6.10 Å². The van der Waals surface area contributed by atoms with Crippen molar-refractivity contribution in [1.82, 2.24) is 5.32 Å². The molecule has 0 spiro atoms. The summed E-state index contributed by atoms with van der Waals surface area (Å²) in [5.41, 5.74) is 2.44. The van der Waals surface area contributed by atoms with Crippen molar-refractivity contribution >= 4 is 5.69 Å². The van der Waals surface area contributed by atoms with Crippen LogP contribution in [0.15, 0.2) is 24.3 Å². The van der Waals surface area contributed by atoms with Crippen molar-refractivity contribution in [2.75, 3.05) is 44.8 Å². The zero-order valence-corrected chi connectivity index (χ0v) is 12.2. The van der Waals surface area contributed by atoms with Gasteiger partial charge >= 0.3 is 0 Å². The number of likely N-dealkylation sites (N-methyl/N-ethyl adjacent to an activating group) is 1. The molecule has 1 unspecified atom stereocenters. The minimum atomic E-state index is -0.378. The summed E-state index contributed by atoms with van der Waals surface area (Å²) in [5.74, 6) is 0. The number of aliphatic hydroxyl groups excluding tert-OH is 1. The van der Waals surface area contributed by atoms with Gasteiger partial charge in [0, 0.05) is 39.0 Å². The zero-order valence-electron chi connectivity index (χ0n) is 12.2. The molecule has 0 aromatic heterocycles. The number of nitrogens with zero attached hydrogens (tertiary/aromatic N) is 1. The number of para-hydroxylation sites is 1. The maximum atomic E-state index is 10.1. The Labute approximate surface area is 116 Å². The molecule has 0 saturated carbocycles. The lowest BCUT2D eigenvalue weighted by Crippen LogP contribution is -2.39. The van der Waals surface area contributed by atoms with Gasteiger partial charge in [0.15, 0.2) is 0 Å². The Morgan fingerprint density at radius 3 is 2.74 bits per heavy atom. The molecule has 108 valence electrons. The summed E-state index contributed by atoms with van der Waals surface area (Å²) in [5, 5.41) is 13.2. The van der Waals surface area contributed by atoms with E-state index in [0.29, 0.717) is 19.7 Å². The van der Waals surface area contributed by atoms with E-state index in [2.05, 4.69) is 36.2 Å². The topological polar surface area (TPSA) is 44.7 Å². The molecule has 0 bridgehead atoms. The summed E-state index contributed by atoms with van der Waals surface area (Å²) in [7, 11) is 1.68. The molecule has 0 heterocycles. The van der Waals surface area contributed by atoms with Gasteiger partial charge in [0.1, 0.15) is 0 Å². The van der Waals surface area contributed by atoms with Crippen LogP contribution in [0.5, 0.6) is 0 Å². The number of ether oxygens (including phenoxy) is 1. The predicted molar refractivity (Wildman–Crippen MR) is 79.8 cm³/mol. The Balaban J connectivity index is 2.46. The highest BCUT2D eigenvalue weighted by molar-refractivity contribution is 5.52. The van der Waals surface area contributed by atoms with E-state index in [4.69, 9.17) is 4.74 Å². The summed E-state index contributed by atoms with van der Waals surface area (Å²) in [4.78, 5) is 2.21. The largest absolute Gasteiger partial charge is 0.390 e. The first-order valence-corrected chi connectivity index (χ1v) is 6.87. The van der Waals surface area contributed by atoms with Crippen molar-refractivity contribution in [2.24, 2.45) is 0 Å². The Hall–Kier alpha value is -1.10. The first kappa shape index (κ1) is 16.0. The highest BCUT2D eigenvalue weighted by Gasteiger charge is 2.12. The fourth-order valence-electron chi connectivity index (χ4n) is 2.08.